The van der Waals surface area contributed by atoms with Gasteiger partial charge < -0.3 is 10.2 Å². The minimum Gasteiger partial charge on any atom is -0.366 e. The van der Waals surface area contributed by atoms with Crippen LogP contribution in [0.4, 0.5) is 27.6 Å². The van der Waals surface area contributed by atoms with Crippen molar-refractivity contribution in [2.24, 2.45) is 0 Å². The Hall–Kier alpha value is -2.89. The Balaban J connectivity index is 0.000000236. The van der Waals surface area contributed by atoms with Gasteiger partial charge in [-0.15, -0.1) is 0 Å². The van der Waals surface area contributed by atoms with E-state index >= 15 is 0 Å². The number of hydrogen-bond donors (Lipinski definition) is 1. The first-order valence-corrected chi connectivity index (χ1v) is 13.6. The molecular weight excluding hydrogens is 543 g/mol. The van der Waals surface area contributed by atoms with E-state index in [9.17, 15) is 31.5 Å². The van der Waals surface area contributed by atoms with Gasteiger partial charge in [-0.2, -0.15) is 0 Å². The van der Waals surface area contributed by atoms with E-state index in [1.165, 1.54) is 13.1 Å². The van der Waals surface area contributed by atoms with Gasteiger partial charge in [0.25, 0.3) is 0 Å². The summed E-state index contributed by atoms with van der Waals surface area (Å²) in [5.74, 6) is -5.03. The third-order valence-corrected chi connectivity index (χ3v) is 6.94. The molecule has 0 bridgehead atoms. The number of halogens is 5. The molecule has 0 atom stereocenters. The van der Waals surface area contributed by atoms with E-state index in [2.05, 4.69) is 56.7 Å². The number of rotatable bonds is 3. The molecule has 2 aliphatic heterocycles. The molecule has 0 saturated carbocycles. The summed E-state index contributed by atoms with van der Waals surface area (Å²) >= 11 is 0. The molecule has 0 amide bonds. The van der Waals surface area contributed by atoms with E-state index < -0.39 is 34.6 Å². The lowest BCUT2D eigenvalue weighted by molar-refractivity contribution is 0.111. The van der Waals surface area contributed by atoms with E-state index in [-0.39, 0.29) is 23.1 Å². The van der Waals surface area contributed by atoms with E-state index in [4.69, 9.17) is 0 Å². The second-order valence-electron chi connectivity index (χ2n) is 11.9. The van der Waals surface area contributed by atoms with Gasteiger partial charge in [0.15, 0.2) is 24.2 Å². The lowest BCUT2D eigenvalue weighted by Gasteiger charge is -2.43. The van der Waals surface area contributed by atoms with Gasteiger partial charge in [-0.05, 0) is 53.7 Å². The van der Waals surface area contributed by atoms with Gasteiger partial charge in [-0.25, -0.2) is 22.0 Å². The molecule has 1 N–H and O–H groups in total. The van der Waals surface area contributed by atoms with Crippen molar-refractivity contribution in [3.8, 4) is 0 Å². The smallest absolute Gasteiger partial charge is 0.169 e. The van der Waals surface area contributed by atoms with Crippen molar-refractivity contribution in [1.82, 2.24) is 15.1 Å². The van der Waals surface area contributed by atoms with Crippen molar-refractivity contribution in [2.45, 2.75) is 52.6 Å². The molecule has 2 aromatic rings. The van der Waals surface area contributed by atoms with Crippen molar-refractivity contribution >= 4 is 18.3 Å². The average Bonchev–Trinajstić information content (AvgIpc) is 2.90. The van der Waals surface area contributed by atoms with Crippen LogP contribution in [0.2, 0.25) is 0 Å². The number of nitrogens with zero attached hydrogens (tertiary/aromatic N) is 3. The number of hydrogen-bond acceptors (Lipinski definition) is 6. The Morgan fingerprint density at radius 1 is 0.634 bits per heavy atom. The van der Waals surface area contributed by atoms with Crippen molar-refractivity contribution in [1.29, 1.82) is 0 Å². The normalized spacial score (nSPS) is 16.7. The number of carbonyl (C=O) groups is 2. The number of benzene rings is 2. The van der Waals surface area contributed by atoms with Crippen LogP contribution in [0.5, 0.6) is 0 Å². The summed E-state index contributed by atoms with van der Waals surface area (Å²) in [5, 5.41) is 3.35. The van der Waals surface area contributed by atoms with Crippen molar-refractivity contribution in [3.05, 3.63) is 64.5 Å². The van der Waals surface area contributed by atoms with Crippen LogP contribution >= 0.6 is 0 Å². The molecule has 0 spiro atoms. The van der Waals surface area contributed by atoms with Gasteiger partial charge in [0.1, 0.15) is 17.5 Å². The van der Waals surface area contributed by atoms with Crippen LogP contribution < -0.4 is 10.2 Å². The highest BCUT2D eigenvalue weighted by molar-refractivity contribution is 5.85. The van der Waals surface area contributed by atoms with Crippen LogP contribution in [0.1, 0.15) is 62.3 Å². The topological polar surface area (TPSA) is 55.9 Å². The fraction of sp³-hybridized carbons (Fsp3) is 0.533. The van der Waals surface area contributed by atoms with E-state index in [0.29, 0.717) is 37.0 Å². The van der Waals surface area contributed by atoms with Gasteiger partial charge in [0, 0.05) is 81.1 Å². The molecule has 2 fully saturated rings. The molecule has 228 valence electrons. The number of anilines is 1. The minimum absolute atomic E-state index is 0.0570. The molecular formula is C30H41F5N4O2. The molecule has 6 nitrogen and oxygen atoms in total. The summed E-state index contributed by atoms with van der Waals surface area (Å²) in [4.78, 5) is 27.6. The maximum atomic E-state index is 14.0. The van der Waals surface area contributed by atoms with Gasteiger partial charge in [0.05, 0.1) is 11.3 Å². The zero-order chi connectivity index (χ0) is 31.0. The summed E-state index contributed by atoms with van der Waals surface area (Å²) in [5.41, 5.74) is 0.118. The largest absolute Gasteiger partial charge is 0.366 e. The predicted molar refractivity (Wildman–Crippen MR) is 151 cm³/mol. The summed E-state index contributed by atoms with van der Waals surface area (Å²) in [6, 6.07) is 2.92. The number of piperazine rings is 2. The molecule has 0 radical (unpaired) electrons. The Bertz CT molecular complexity index is 1170. The van der Waals surface area contributed by atoms with Gasteiger partial charge in [0.2, 0.25) is 0 Å². The van der Waals surface area contributed by atoms with E-state index in [1.54, 1.807) is 0 Å². The molecule has 2 heterocycles. The van der Waals surface area contributed by atoms with Crippen LogP contribution in [0.3, 0.4) is 0 Å². The molecule has 0 aromatic heterocycles. The third kappa shape index (κ3) is 10.2. The first-order chi connectivity index (χ1) is 19.1. The monoisotopic (exact) mass is 584 g/mol. The molecule has 0 unspecified atom stereocenters. The Labute approximate surface area is 239 Å². The SMILES string of the molecule is CC(C)(C)N1CCN(c2c(F)cc(F)cc2C=O)CC1.CC(C)(C)N1CCNCC1.O=Cc1cc(F)cc(F)c1F. The van der Waals surface area contributed by atoms with Gasteiger partial charge in [-0.1, -0.05) is 0 Å². The highest BCUT2D eigenvalue weighted by Gasteiger charge is 2.28. The van der Waals surface area contributed by atoms with Crippen LogP contribution in [0, 0.1) is 29.1 Å². The summed E-state index contributed by atoms with van der Waals surface area (Å²) < 4.78 is 64.0. The highest BCUT2D eigenvalue weighted by atomic mass is 19.2. The molecule has 2 aliphatic rings. The van der Waals surface area contributed by atoms with Crippen LogP contribution in [0.15, 0.2) is 24.3 Å². The fourth-order valence-electron chi connectivity index (χ4n) is 4.61. The zero-order valence-electron chi connectivity index (χ0n) is 24.7. The predicted octanol–water partition coefficient (Wildman–Crippen LogP) is 5.30. The second-order valence-corrected chi connectivity index (χ2v) is 11.9. The number of aldehydes is 2. The van der Waals surface area contributed by atoms with Gasteiger partial charge in [-0.3, -0.25) is 19.4 Å². The van der Waals surface area contributed by atoms with Gasteiger partial charge >= 0.3 is 0 Å². The molecule has 41 heavy (non-hydrogen) atoms. The van der Waals surface area contributed by atoms with E-state index in [0.717, 1.165) is 38.3 Å². The molecule has 4 rings (SSSR count). The quantitative estimate of drug-likeness (QED) is 0.300. The van der Waals surface area contributed by atoms with Crippen molar-refractivity contribution < 1.29 is 31.5 Å². The maximum absolute atomic E-state index is 14.0. The van der Waals surface area contributed by atoms with Crippen LogP contribution in [0.25, 0.3) is 0 Å². The van der Waals surface area contributed by atoms with Crippen LogP contribution in [-0.2, 0) is 0 Å². The molecule has 2 saturated heterocycles. The number of nitrogens with one attached hydrogen (secondary N) is 1. The molecule has 11 heteroatoms. The standard InChI is InChI=1S/C15H20F2N2O.C8H18N2.C7H3F3O/c1-15(2,3)19-6-4-18(5-7-19)14-11(10-20)8-12(16)9-13(14)17;1-8(2,3)10-6-4-9-5-7-10;8-5-1-4(3-11)7(10)6(9)2-5/h8-10H,4-7H2,1-3H3;9H,4-7H2,1-3H3;1-3H. The Morgan fingerprint density at radius 3 is 1.51 bits per heavy atom. The first-order valence-electron chi connectivity index (χ1n) is 13.6. The Morgan fingerprint density at radius 2 is 1.07 bits per heavy atom. The molecule has 2 aromatic carbocycles. The minimum atomic E-state index is -1.35. The van der Waals surface area contributed by atoms with Crippen molar-refractivity contribution in [2.75, 3.05) is 57.3 Å². The number of carbonyl (C=O) groups excluding carboxylic acids is 2. The maximum Gasteiger partial charge on any atom is 0.169 e. The highest BCUT2D eigenvalue weighted by Crippen LogP contribution is 2.27. The average molecular weight is 585 g/mol. The summed E-state index contributed by atoms with van der Waals surface area (Å²) in [6.07, 6.45) is 0.569. The second kappa shape index (κ2) is 14.8. The summed E-state index contributed by atoms with van der Waals surface area (Å²) in [7, 11) is 0. The van der Waals surface area contributed by atoms with Crippen molar-refractivity contribution in [3.63, 3.8) is 0 Å². The van der Waals surface area contributed by atoms with E-state index in [1.807, 2.05) is 4.90 Å². The molecule has 0 aliphatic carbocycles. The fourth-order valence-corrected chi connectivity index (χ4v) is 4.61. The lowest BCUT2D eigenvalue weighted by Crippen LogP contribution is -2.53. The lowest BCUT2D eigenvalue weighted by atomic mass is 10.0. The first kappa shape index (κ1) is 34.3. The Kier molecular flexibility index (Phi) is 12.4. The third-order valence-electron chi connectivity index (χ3n) is 6.94. The zero-order valence-corrected chi connectivity index (χ0v) is 24.7. The summed E-state index contributed by atoms with van der Waals surface area (Å²) in [6.45, 7) is 20.8. The van der Waals surface area contributed by atoms with Crippen LogP contribution in [-0.4, -0.2) is 85.8 Å².